The second kappa shape index (κ2) is 8.73. The third-order valence-electron chi connectivity index (χ3n) is 5.53. The van der Waals surface area contributed by atoms with Crippen molar-refractivity contribution < 1.29 is 9.53 Å². The van der Waals surface area contributed by atoms with Crippen molar-refractivity contribution in [3.63, 3.8) is 0 Å². The van der Waals surface area contributed by atoms with Gasteiger partial charge in [0.05, 0.1) is 12.1 Å². The fourth-order valence-corrected chi connectivity index (χ4v) is 3.84. The first-order valence-electron chi connectivity index (χ1n) is 10.3. The van der Waals surface area contributed by atoms with Gasteiger partial charge in [-0.05, 0) is 30.7 Å². The SMILES string of the molecule is C=CCC(OC)n1c(-c2cccnc2N)nc2ccc(N3CCCN(C)C(=O)C3)nc21. The summed E-state index contributed by atoms with van der Waals surface area (Å²) in [6.07, 6.45) is 4.53. The molecule has 1 unspecified atom stereocenters. The topological polar surface area (TPSA) is 102 Å². The lowest BCUT2D eigenvalue weighted by atomic mass is 10.2. The molecule has 0 aromatic carbocycles. The van der Waals surface area contributed by atoms with E-state index in [2.05, 4.69) is 11.6 Å². The maximum absolute atomic E-state index is 12.4. The van der Waals surface area contributed by atoms with Gasteiger partial charge < -0.3 is 20.3 Å². The van der Waals surface area contributed by atoms with Gasteiger partial charge in [-0.3, -0.25) is 9.36 Å². The van der Waals surface area contributed by atoms with E-state index in [0.29, 0.717) is 41.3 Å². The molecule has 1 aliphatic heterocycles. The van der Waals surface area contributed by atoms with Gasteiger partial charge in [0.2, 0.25) is 5.91 Å². The fourth-order valence-electron chi connectivity index (χ4n) is 3.84. The number of nitrogens with two attached hydrogens (primary N) is 1. The Kier molecular flexibility index (Phi) is 5.85. The molecule has 3 aromatic heterocycles. The van der Waals surface area contributed by atoms with Crippen molar-refractivity contribution in [3.05, 3.63) is 43.1 Å². The second-order valence-electron chi connectivity index (χ2n) is 7.56. The zero-order valence-corrected chi connectivity index (χ0v) is 17.9. The third-order valence-corrected chi connectivity index (χ3v) is 5.53. The molecule has 1 amide bonds. The summed E-state index contributed by atoms with van der Waals surface area (Å²) in [5, 5.41) is 0. The minimum Gasteiger partial charge on any atom is -0.383 e. The molecule has 9 nitrogen and oxygen atoms in total. The van der Waals surface area contributed by atoms with Crippen molar-refractivity contribution in [2.45, 2.75) is 19.1 Å². The number of anilines is 2. The Hall–Kier alpha value is -3.46. The van der Waals surface area contributed by atoms with Gasteiger partial charge in [0, 0.05) is 39.9 Å². The molecule has 0 spiro atoms. The number of ether oxygens (including phenoxy) is 1. The first kappa shape index (κ1) is 20.8. The zero-order chi connectivity index (χ0) is 22.0. The molecule has 0 radical (unpaired) electrons. The number of rotatable bonds is 6. The van der Waals surface area contributed by atoms with Gasteiger partial charge in [-0.15, -0.1) is 6.58 Å². The summed E-state index contributed by atoms with van der Waals surface area (Å²) in [6.45, 7) is 5.65. The highest BCUT2D eigenvalue weighted by Crippen LogP contribution is 2.32. The van der Waals surface area contributed by atoms with Crippen molar-refractivity contribution in [3.8, 4) is 11.4 Å². The van der Waals surface area contributed by atoms with E-state index in [4.69, 9.17) is 20.4 Å². The minimum absolute atomic E-state index is 0.0816. The van der Waals surface area contributed by atoms with Crippen molar-refractivity contribution in [2.24, 2.45) is 0 Å². The Bertz CT molecular complexity index is 1110. The van der Waals surface area contributed by atoms with Gasteiger partial charge in [-0.2, -0.15) is 0 Å². The van der Waals surface area contributed by atoms with Crippen LogP contribution >= 0.6 is 0 Å². The Labute approximate surface area is 181 Å². The van der Waals surface area contributed by atoms with Crippen LogP contribution in [0.2, 0.25) is 0 Å². The Morgan fingerprint density at radius 2 is 2.13 bits per heavy atom. The first-order chi connectivity index (χ1) is 15.0. The van der Waals surface area contributed by atoms with E-state index in [9.17, 15) is 4.79 Å². The van der Waals surface area contributed by atoms with Gasteiger partial charge in [-0.25, -0.2) is 15.0 Å². The maximum Gasteiger partial charge on any atom is 0.241 e. The predicted molar refractivity (Wildman–Crippen MR) is 120 cm³/mol. The Morgan fingerprint density at radius 1 is 1.29 bits per heavy atom. The lowest BCUT2D eigenvalue weighted by molar-refractivity contribution is -0.127. The standard InChI is InChI=1S/C22H27N7O2/c1-4-7-19(31-3)29-21(15-8-5-11-24-20(15)23)25-16-9-10-17(26-22(16)29)28-13-6-12-27(2)18(30)14-28/h4-5,8-11,19H,1,6-7,12-14H2,2-3H3,(H2,23,24). The average Bonchev–Trinajstić information content (AvgIpc) is 3.05. The number of amides is 1. The molecule has 0 aliphatic carbocycles. The number of nitrogen functional groups attached to an aromatic ring is 1. The normalized spacial score (nSPS) is 15.9. The summed E-state index contributed by atoms with van der Waals surface area (Å²) >= 11 is 0. The number of pyridine rings is 2. The van der Waals surface area contributed by atoms with Crippen molar-refractivity contribution >= 4 is 28.7 Å². The number of nitrogens with zero attached hydrogens (tertiary/aromatic N) is 6. The summed E-state index contributed by atoms with van der Waals surface area (Å²) in [5.41, 5.74) is 8.24. The smallest absolute Gasteiger partial charge is 0.241 e. The number of carbonyl (C=O) groups is 1. The molecule has 4 heterocycles. The van der Waals surface area contributed by atoms with Gasteiger partial charge >= 0.3 is 0 Å². The van der Waals surface area contributed by atoms with Crippen LogP contribution in [-0.4, -0.2) is 64.1 Å². The van der Waals surface area contributed by atoms with Gasteiger partial charge in [0.25, 0.3) is 0 Å². The summed E-state index contributed by atoms with van der Waals surface area (Å²) in [5.74, 6) is 1.83. The summed E-state index contributed by atoms with van der Waals surface area (Å²) < 4.78 is 7.69. The van der Waals surface area contributed by atoms with E-state index >= 15 is 0 Å². The molecule has 1 aliphatic rings. The molecule has 3 aromatic rings. The van der Waals surface area contributed by atoms with E-state index in [-0.39, 0.29) is 12.1 Å². The number of aromatic nitrogens is 4. The molecule has 9 heteroatoms. The van der Waals surface area contributed by atoms with Crippen LogP contribution in [0.4, 0.5) is 11.6 Å². The Morgan fingerprint density at radius 3 is 2.87 bits per heavy atom. The van der Waals surface area contributed by atoms with Gasteiger partial charge in [0.1, 0.15) is 29.2 Å². The van der Waals surface area contributed by atoms with Crippen molar-refractivity contribution in [2.75, 3.05) is 44.4 Å². The molecule has 0 bridgehead atoms. The van der Waals surface area contributed by atoms with Gasteiger partial charge in [0.15, 0.2) is 5.65 Å². The number of carbonyl (C=O) groups excluding carboxylic acids is 1. The number of methoxy groups -OCH3 is 1. The van der Waals surface area contributed by atoms with Gasteiger partial charge in [-0.1, -0.05) is 6.08 Å². The van der Waals surface area contributed by atoms with E-state index in [1.165, 1.54) is 0 Å². The summed E-state index contributed by atoms with van der Waals surface area (Å²) in [7, 11) is 3.48. The molecule has 1 fully saturated rings. The van der Waals surface area contributed by atoms with E-state index < -0.39 is 0 Å². The highest BCUT2D eigenvalue weighted by molar-refractivity contribution is 5.84. The maximum atomic E-state index is 12.4. The third kappa shape index (κ3) is 3.96. The molecule has 0 saturated carbocycles. The van der Waals surface area contributed by atoms with E-state index in [1.807, 2.05) is 40.8 Å². The zero-order valence-electron chi connectivity index (χ0n) is 17.9. The molecule has 31 heavy (non-hydrogen) atoms. The first-order valence-corrected chi connectivity index (χ1v) is 10.3. The fraction of sp³-hybridized carbons (Fsp3) is 0.364. The molecule has 1 saturated heterocycles. The largest absolute Gasteiger partial charge is 0.383 e. The second-order valence-corrected chi connectivity index (χ2v) is 7.56. The molecule has 1 atom stereocenters. The highest BCUT2D eigenvalue weighted by Gasteiger charge is 2.24. The molecular formula is C22H27N7O2. The van der Waals surface area contributed by atoms with E-state index in [1.54, 1.807) is 24.3 Å². The lowest BCUT2D eigenvalue weighted by Crippen LogP contribution is -2.34. The molecule has 162 valence electrons. The van der Waals surface area contributed by atoms with Crippen LogP contribution in [-0.2, 0) is 9.53 Å². The number of fused-ring (bicyclic) bond motifs is 1. The van der Waals surface area contributed by atoms with Crippen LogP contribution < -0.4 is 10.6 Å². The molecular weight excluding hydrogens is 394 g/mol. The van der Waals surface area contributed by atoms with Crippen LogP contribution in [0.3, 0.4) is 0 Å². The minimum atomic E-state index is -0.364. The van der Waals surface area contributed by atoms with Crippen molar-refractivity contribution in [1.29, 1.82) is 0 Å². The number of hydrogen-bond acceptors (Lipinski definition) is 7. The van der Waals surface area contributed by atoms with Crippen molar-refractivity contribution in [1.82, 2.24) is 24.4 Å². The Balaban J connectivity index is 1.87. The summed E-state index contributed by atoms with van der Waals surface area (Å²) in [4.78, 5) is 30.1. The quantitative estimate of drug-likeness (QED) is 0.610. The number of imidazole rings is 1. The monoisotopic (exact) mass is 421 g/mol. The highest BCUT2D eigenvalue weighted by atomic mass is 16.5. The average molecular weight is 422 g/mol. The lowest BCUT2D eigenvalue weighted by Gasteiger charge is -2.22. The number of hydrogen-bond donors (Lipinski definition) is 1. The van der Waals surface area contributed by atoms with Crippen LogP contribution in [0, 0.1) is 0 Å². The van der Waals surface area contributed by atoms with Crippen LogP contribution in [0.1, 0.15) is 19.1 Å². The van der Waals surface area contributed by atoms with Crippen LogP contribution in [0.5, 0.6) is 0 Å². The molecule has 4 rings (SSSR count). The predicted octanol–water partition coefficient (Wildman–Crippen LogP) is 2.47. The van der Waals surface area contributed by atoms with Crippen LogP contribution in [0.25, 0.3) is 22.6 Å². The number of likely N-dealkylation sites (N-methyl/N-ethyl adjacent to an activating group) is 1. The summed E-state index contributed by atoms with van der Waals surface area (Å²) in [6, 6.07) is 7.53. The van der Waals surface area contributed by atoms with Crippen LogP contribution in [0.15, 0.2) is 43.1 Å². The van der Waals surface area contributed by atoms with E-state index in [0.717, 1.165) is 25.3 Å². The molecule has 2 N–H and O–H groups in total.